The molecular weight excluding hydrogens is 296 g/mol. The first-order valence-electron chi connectivity index (χ1n) is 7.46. The zero-order chi connectivity index (χ0) is 16.8. The van der Waals surface area contributed by atoms with Crippen molar-refractivity contribution in [3.8, 4) is 5.75 Å². The lowest BCUT2D eigenvalue weighted by atomic mass is 9.96. The molecule has 1 aromatic carbocycles. The van der Waals surface area contributed by atoms with E-state index in [0.717, 1.165) is 11.3 Å². The monoisotopic (exact) mass is 316 g/mol. The Morgan fingerprint density at radius 2 is 1.96 bits per heavy atom. The van der Waals surface area contributed by atoms with Crippen LogP contribution in [0.4, 0.5) is 0 Å². The van der Waals surface area contributed by atoms with Gasteiger partial charge in [-0.25, -0.2) is 9.80 Å². The first-order chi connectivity index (χ1) is 10.9. The molecule has 1 aromatic rings. The summed E-state index contributed by atoms with van der Waals surface area (Å²) in [4.78, 5) is 24.5. The fraction of sp³-hybridized carbons (Fsp3) is 0.412. The Hall–Kier alpha value is -2.34. The van der Waals surface area contributed by atoms with Crippen LogP contribution in [0.1, 0.15) is 31.9 Å². The molecule has 3 rings (SSSR count). The number of rotatable bonds is 3. The minimum atomic E-state index is -0.515. The molecule has 6 heteroatoms. The number of amides is 1. The van der Waals surface area contributed by atoms with Gasteiger partial charge in [-0.1, -0.05) is 18.2 Å². The highest BCUT2D eigenvalue weighted by Crippen LogP contribution is 2.47. The number of carbonyl (C=O) groups is 2. The average molecular weight is 316 g/mol. The van der Waals surface area contributed by atoms with Gasteiger partial charge in [0, 0.05) is 17.5 Å². The zero-order valence-electron chi connectivity index (χ0n) is 13.7. The van der Waals surface area contributed by atoms with Gasteiger partial charge in [-0.15, -0.1) is 0 Å². The molecule has 23 heavy (non-hydrogen) atoms. The first-order valence-corrected chi connectivity index (χ1v) is 7.46. The zero-order valence-corrected chi connectivity index (χ0v) is 13.7. The van der Waals surface area contributed by atoms with Crippen LogP contribution < -0.4 is 4.74 Å². The second-order valence-electron chi connectivity index (χ2n) is 6.27. The van der Waals surface area contributed by atoms with Crippen molar-refractivity contribution < 1.29 is 19.1 Å². The molecule has 6 nitrogen and oxygen atoms in total. The van der Waals surface area contributed by atoms with Crippen molar-refractivity contribution in [3.05, 3.63) is 41.6 Å². The molecule has 1 saturated heterocycles. The van der Waals surface area contributed by atoms with E-state index in [1.807, 2.05) is 43.1 Å². The number of para-hydroxylation sites is 1. The molecule has 0 N–H and O–H groups in total. The summed E-state index contributed by atoms with van der Waals surface area (Å²) in [5.74, 6) is 0.0949. The highest BCUT2D eigenvalue weighted by atomic mass is 16.5. The highest BCUT2D eigenvalue weighted by molar-refractivity contribution is 5.95. The summed E-state index contributed by atoms with van der Waals surface area (Å²) in [5, 5.41) is 3.38. The summed E-state index contributed by atoms with van der Waals surface area (Å²) < 4.78 is 10.3. The van der Waals surface area contributed by atoms with Gasteiger partial charge in [0.25, 0.3) is 0 Å². The Bertz CT molecular complexity index is 696. The predicted molar refractivity (Wildman–Crippen MR) is 83.2 cm³/mol. The Morgan fingerprint density at radius 3 is 2.61 bits per heavy atom. The van der Waals surface area contributed by atoms with Crippen LogP contribution in [0.5, 0.6) is 5.75 Å². The van der Waals surface area contributed by atoms with E-state index in [1.165, 1.54) is 12.1 Å². The number of hydrogen-bond acceptors (Lipinski definition) is 5. The molecule has 1 amide bonds. The van der Waals surface area contributed by atoms with Crippen molar-refractivity contribution in [1.29, 1.82) is 0 Å². The molecule has 0 aromatic heterocycles. The molecule has 2 aliphatic rings. The fourth-order valence-corrected chi connectivity index (χ4v) is 3.35. The molecule has 0 aliphatic carbocycles. The lowest BCUT2D eigenvalue weighted by Crippen LogP contribution is -2.45. The predicted octanol–water partition coefficient (Wildman–Crippen LogP) is 2.03. The van der Waals surface area contributed by atoms with Gasteiger partial charge in [-0.05, 0) is 26.0 Å². The van der Waals surface area contributed by atoms with E-state index in [4.69, 9.17) is 9.47 Å². The van der Waals surface area contributed by atoms with Gasteiger partial charge in [0.1, 0.15) is 11.4 Å². The van der Waals surface area contributed by atoms with Crippen molar-refractivity contribution in [2.24, 2.45) is 0 Å². The number of hydrazine groups is 1. The maximum Gasteiger partial charge on any atom is 0.356 e. The third-order valence-electron chi connectivity index (χ3n) is 4.32. The van der Waals surface area contributed by atoms with Gasteiger partial charge in [0.15, 0.2) is 0 Å². The third-order valence-corrected chi connectivity index (χ3v) is 4.32. The van der Waals surface area contributed by atoms with Gasteiger partial charge in [-0.3, -0.25) is 4.79 Å². The fourth-order valence-electron chi connectivity index (χ4n) is 3.35. The number of methoxy groups -OCH3 is 2. The van der Waals surface area contributed by atoms with Crippen LogP contribution in [0.25, 0.3) is 0 Å². The van der Waals surface area contributed by atoms with E-state index in [0.29, 0.717) is 6.42 Å². The van der Waals surface area contributed by atoms with Crippen molar-refractivity contribution in [1.82, 2.24) is 10.0 Å². The molecular formula is C17H20N2O4. The van der Waals surface area contributed by atoms with Crippen LogP contribution in [0.15, 0.2) is 36.0 Å². The molecule has 122 valence electrons. The summed E-state index contributed by atoms with van der Waals surface area (Å²) in [6, 6.07) is 7.35. The Kier molecular flexibility index (Phi) is 3.64. The molecule has 2 heterocycles. The van der Waals surface area contributed by atoms with Gasteiger partial charge >= 0.3 is 5.97 Å². The first kappa shape index (κ1) is 15.6. The summed E-state index contributed by atoms with van der Waals surface area (Å²) in [5.41, 5.74) is 0.759. The maximum atomic E-state index is 12.4. The molecule has 0 spiro atoms. The highest BCUT2D eigenvalue weighted by Gasteiger charge is 2.53. The van der Waals surface area contributed by atoms with Crippen LogP contribution in [-0.4, -0.2) is 41.7 Å². The minimum Gasteiger partial charge on any atom is -0.496 e. The number of esters is 1. The van der Waals surface area contributed by atoms with Gasteiger partial charge in [0.05, 0.1) is 20.3 Å². The number of ether oxygens (including phenoxy) is 2. The van der Waals surface area contributed by atoms with Crippen molar-refractivity contribution in [2.45, 2.75) is 31.8 Å². The minimum absolute atomic E-state index is 0.107. The summed E-state index contributed by atoms with van der Waals surface area (Å²) in [6.45, 7) is 3.97. The maximum absolute atomic E-state index is 12.4. The number of carbonyl (C=O) groups excluding carboxylic acids is 2. The lowest BCUT2D eigenvalue weighted by Gasteiger charge is -2.36. The number of fused-ring (bicyclic) bond motifs is 1. The summed E-state index contributed by atoms with van der Waals surface area (Å²) in [6.07, 6.45) is 2.11. The van der Waals surface area contributed by atoms with E-state index in [-0.39, 0.29) is 17.6 Å². The second kappa shape index (κ2) is 5.38. The molecule has 1 unspecified atom stereocenters. The largest absolute Gasteiger partial charge is 0.496 e. The average Bonchev–Trinajstić information content (AvgIpc) is 3.04. The molecule has 1 atom stereocenters. The van der Waals surface area contributed by atoms with Crippen LogP contribution in [0.3, 0.4) is 0 Å². The molecule has 1 fully saturated rings. The van der Waals surface area contributed by atoms with Crippen molar-refractivity contribution >= 4 is 11.9 Å². The molecule has 0 radical (unpaired) electrons. The summed E-state index contributed by atoms with van der Waals surface area (Å²) in [7, 11) is 2.92. The SMILES string of the molecule is COC(=O)C1=CC(c2ccccc2OC)N2N1C(=O)CC2(C)C. The lowest BCUT2D eigenvalue weighted by molar-refractivity contribution is -0.147. The topological polar surface area (TPSA) is 59.1 Å². The quantitative estimate of drug-likeness (QED) is 0.799. The Balaban J connectivity index is 2.13. The number of benzene rings is 1. The number of hydrogen-bond donors (Lipinski definition) is 0. The molecule has 0 bridgehead atoms. The van der Waals surface area contributed by atoms with Gasteiger partial charge in [0.2, 0.25) is 5.91 Å². The smallest absolute Gasteiger partial charge is 0.356 e. The normalized spacial score (nSPS) is 22.8. The van der Waals surface area contributed by atoms with Crippen LogP contribution in [0.2, 0.25) is 0 Å². The van der Waals surface area contributed by atoms with E-state index in [2.05, 4.69) is 0 Å². The number of nitrogens with zero attached hydrogens (tertiary/aromatic N) is 2. The van der Waals surface area contributed by atoms with Crippen molar-refractivity contribution in [3.63, 3.8) is 0 Å². The van der Waals surface area contributed by atoms with Crippen LogP contribution in [-0.2, 0) is 14.3 Å². The summed E-state index contributed by atoms with van der Waals surface area (Å²) >= 11 is 0. The second-order valence-corrected chi connectivity index (χ2v) is 6.27. The molecule has 2 aliphatic heterocycles. The Labute approximate surface area is 135 Å². The molecule has 0 saturated carbocycles. The standard InChI is InChI=1S/C17H20N2O4/c1-17(2)10-15(20)18-13(16(21)23-4)9-12(19(17)18)11-7-5-6-8-14(11)22-3/h5-9,12H,10H2,1-4H3. The van der Waals surface area contributed by atoms with Crippen LogP contribution >= 0.6 is 0 Å². The van der Waals surface area contributed by atoms with E-state index in [1.54, 1.807) is 13.2 Å². The van der Waals surface area contributed by atoms with Gasteiger partial charge < -0.3 is 9.47 Å². The van der Waals surface area contributed by atoms with Gasteiger partial charge in [-0.2, -0.15) is 5.01 Å². The third kappa shape index (κ3) is 2.30. The van der Waals surface area contributed by atoms with E-state index >= 15 is 0 Å². The van der Waals surface area contributed by atoms with E-state index < -0.39 is 11.5 Å². The van der Waals surface area contributed by atoms with E-state index in [9.17, 15) is 9.59 Å². The Morgan fingerprint density at radius 1 is 1.26 bits per heavy atom. The van der Waals surface area contributed by atoms with Crippen LogP contribution in [0, 0.1) is 0 Å². The van der Waals surface area contributed by atoms with Crippen molar-refractivity contribution in [2.75, 3.05) is 14.2 Å².